The van der Waals surface area contributed by atoms with Crippen molar-refractivity contribution < 1.29 is 13.2 Å². The number of nitriles is 2. The highest BCUT2D eigenvalue weighted by atomic mass is 19.4. The molecule has 0 bridgehead atoms. The minimum atomic E-state index is -4.79. The van der Waals surface area contributed by atoms with Crippen molar-refractivity contribution in [3.8, 4) is 34.6 Å². The van der Waals surface area contributed by atoms with E-state index in [2.05, 4.69) is 12.1 Å². The summed E-state index contributed by atoms with van der Waals surface area (Å²) in [4.78, 5) is 0. The van der Waals surface area contributed by atoms with Gasteiger partial charge in [-0.05, 0) is 98.5 Å². The summed E-state index contributed by atoms with van der Waals surface area (Å²) < 4.78 is 49.5. The van der Waals surface area contributed by atoms with Gasteiger partial charge in [0.2, 0.25) is 0 Å². The van der Waals surface area contributed by atoms with Gasteiger partial charge in [0.1, 0.15) is 0 Å². The molecule has 0 fully saturated rings. The number of halogens is 3. The molecule has 7 heteroatoms. The van der Waals surface area contributed by atoms with Crippen LogP contribution in [-0.2, 0) is 6.18 Å². The van der Waals surface area contributed by atoms with Crippen LogP contribution in [0.1, 0.15) is 38.9 Å². The first-order valence-electron chi connectivity index (χ1n) is 16.2. The topological polar surface area (TPSA) is 57.4 Å². The first-order chi connectivity index (χ1) is 24.0. The molecule has 0 aliphatic carbocycles. The van der Waals surface area contributed by atoms with Gasteiger partial charge in [0.25, 0.3) is 0 Å². The van der Waals surface area contributed by atoms with Gasteiger partial charge in [-0.1, -0.05) is 54.6 Å². The number of aryl methyl sites for hydroxylation is 4. The molecule has 242 valence electrons. The minimum absolute atomic E-state index is 0.117. The third-order valence-corrected chi connectivity index (χ3v) is 9.60. The fraction of sp³-hybridized carbons (Fsp3) is 0.116. The van der Waals surface area contributed by atoms with Crippen LogP contribution in [0, 0.1) is 50.4 Å². The molecule has 2 heterocycles. The summed E-state index contributed by atoms with van der Waals surface area (Å²) in [6.07, 6.45) is -4.79. The van der Waals surface area contributed by atoms with Crippen molar-refractivity contribution in [1.82, 2.24) is 9.13 Å². The highest BCUT2D eigenvalue weighted by molar-refractivity contribution is 6.12. The number of hydrogen-bond donors (Lipinski definition) is 0. The number of benzene rings is 6. The van der Waals surface area contributed by atoms with Gasteiger partial charge in [-0.15, -0.1) is 0 Å². The van der Waals surface area contributed by atoms with E-state index in [-0.39, 0.29) is 22.3 Å². The molecule has 0 aliphatic rings. The van der Waals surface area contributed by atoms with E-state index < -0.39 is 11.7 Å². The number of rotatable bonds is 3. The van der Waals surface area contributed by atoms with E-state index in [9.17, 15) is 10.5 Å². The molecule has 4 nitrogen and oxygen atoms in total. The number of alkyl halides is 3. The van der Waals surface area contributed by atoms with Gasteiger partial charge in [-0.3, -0.25) is 0 Å². The standard InChI is InChI=1S/C43H29F3N4/c1-24-8-12-30-31-13-9-25(2)17-36(31)49(35(30)16-24)39-20-28(22-47)21-40(42(39)41-29(23-48)6-5-7-34(41)43(44,45)46)50-37-18-26(3)10-14-32(37)33-15-11-27(4)19-38(33)50/h5-21H,1-4H3. The van der Waals surface area contributed by atoms with E-state index >= 15 is 13.2 Å². The molecule has 0 spiro atoms. The van der Waals surface area contributed by atoms with Crippen LogP contribution in [0.2, 0.25) is 0 Å². The average molecular weight is 659 g/mol. The zero-order valence-electron chi connectivity index (χ0n) is 27.7. The second-order valence-corrected chi connectivity index (χ2v) is 13.1. The molecule has 0 saturated heterocycles. The van der Waals surface area contributed by atoms with Crippen molar-refractivity contribution in [3.05, 3.63) is 142 Å². The summed E-state index contributed by atoms with van der Waals surface area (Å²) in [5.74, 6) is 0. The maximum absolute atomic E-state index is 15.2. The lowest BCUT2D eigenvalue weighted by Gasteiger charge is -2.24. The van der Waals surface area contributed by atoms with Crippen molar-refractivity contribution >= 4 is 43.6 Å². The lowest BCUT2D eigenvalue weighted by atomic mass is 9.90. The van der Waals surface area contributed by atoms with Crippen LogP contribution >= 0.6 is 0 Å². The Labute approximate surface area is 286 Å². The maximum Gasteiger partial charge on any atom is 0.417 e. The molecular formula is C43H29F3N4. The van der Waals surface area contributed by atoms with Gasteiger partial charge in [0, 0.05) is 32.7 Å². The lowest BCUT2D eigenvalue weighted by Crippen LogP contribution is -2.12. The number of aromatic nitrogens is 2. The van der Waals surface area contributed by atoms with Crippen LogP contribution < -0.4 is 0 Å². The smallest absolute Gasteiger partial charge is 0.308 e. The molecule has 0 atom stereocenters. The quantitative estimate of drug-likeness (QED) is 0.190. The van der Waals surface area contributed by atoms with E-state index in [1.807, 2.05) is 110 Å². The summed E-state index contributed by atoms with van der Waals surface area (Å²) in [5.41, 5.74) is 6.96. The summed E-state index contributed by atoms with van der Waals surface area (Å²) >= 11 is 0. The van der Waals surface area contributed by atoms with Crippen molar-refractivity contribution in [2.75, 3.05) is 0 Å². The van der Waals surface area contributed by atoms with Crippen molar-refractivity contribution in [2.45, 2.75) is 33.9 Å². The average Bonchev–Trinajstić information content (AvgIpc) is 3.57. The first kappa shape index (κ1) is 31.0. The van der Waals surface area contributed by atoms with Crippen molar-refractivity contribution in [1.29, 1.82) is 10.5 Å². The van der Waals surface area contributed by atoms with E-state index in [0.29, 0.717) is 11.4 Å². The predicted molar refractivity (Wildman–Crippen MR) is 194 cm³/mol. The van der Waals surface area contributed by atoms with E-state index in [0.717, 1.165) is 71.9 Å². The molecule has 0 aliphatic heterocycles. The molecule has 2 aromatic heterocycles. The fourth-order valence-electron chi connectivity index (χ4n) is 7.43. The van der Waals surface area contributed by atoms with Gasteiger partial charge >= 0.3 is 6.18 Å². The Kier molecular flexibility index (Phi) is 6.89. The summed E-state index contributed by atoms with van der Waals surface area (Å²) in [5, 5.41) is 24.7. The minimum Gasteiger partial charge on any atom is -0.308 e. The van der Waals surface area contributed by atoms with Gasteiger partial charge in [0.05, 0.1) is 62.3 Å². The molecular weight excluding hydrogens is 629 g/mol. The Hall–Kier alpha value is -6.31. The van der Waals surface area contributed by atoms with E-state index in [4.69, 9.17) is 0 Å². The van der Waals surface area contributed by atoms with Gasteiger partial charge in [0.15, 0.2) is 0 Å². The van der Waals surface area contributed by atoms with Crippen molar-refractivity contribution in [2.24, 2.45) is 0 Å². The van der Waals surface area contributed by atoms with Gasteiger partial charge in [-0.2, -0.15) is 23.7 Å². The monoisotopic (exact) mass is 658 g/mol. The molecule has 8 rings (SSSR count). The number of fused-ring (bicyclic) bond motifs is 6. The fourth-order valence-corrected chi connectivity index (χ4v) is 7.43. The van der Waals surface area contributed by atoms with Crippen LogP contribution in [0.4, 0.5) is 13.2 Å². The van der Waals surface area contributed by atoms with Crippen LogP contribution in [0.3, 0.4) is 0 Å². The largest absolute Gasteiger partial charge is 0.417 e. The zero-order chi connectivity index (χ0) is 35.1. The van der Waals surface area contributed by atoms with E-state index in [1.54, 1.807) is 12.1 Å². The Morgan fingerprint density at radius 3 is 1.24 bits per heavy atom. The summed E-state index contributed by atoms with van der Waals surface area (Å²) in [7, 11) is 0. The molecule has 0 radical (unpaired) electrons. The molecule has 0 N–H and O–H groups in total. The van der Waals surface area contributed by atoms with Crippen LogP contribution in [0.15, 0.2) is 103 Å². The normalized spacial score (nSPS) is 11.9. The second-order valence-electron chi connectivity index (χ2n) is 13.1. The summed E-state index contributed by atoms with van der Waals surface area (Å²) in [6.45, 7) is 7.89. The van der Waals surface area contributed by atoms with E-state index in [1.165, 1.54) is 12.1 Å². The third kappa shape index (κ3) is 4.66. The molecule has 6 aromatic carbocycles. The molecule has 0 amide bonds. The Balaban J connectivity index is 1.69. The second kappa shape index (κ2) is 11.1. The highest BCUT2D eigenvalue weighted by Gasteiger charge is 2.37. The van der Waals surface area contributed by atoms with Crippen molar-refractivity contribution in [3.63, 3.8) is 0 Å². The number of hydrogen-bond acceptors (Lipinski definition) is 2. The predicted octanol–water partition coefficient (Wildman–Crippen LogP) is 11.5. The van der Waals surface area contributed by atoms with Crippen LogP contribution in [0.25, 0.3) is 66.1 Å². The third-order valence-electron chi connectivity index (χ3n) is 9.60. The number of nitrogens with zero attached hydrogens (tertiary/aromatic N) is 4. The lowest BCUT2D eigenvalue weighted by molar-refractivity contribution is -0.137. The Morgan fingerprint density at radius 2 is 0.900 bits per heavy atom. The maximum atomic E-state index is 15.2. The van der Waals surface area contributed by atoms with Crippen LogP contribution in [0.5, 0.6) is 0 Å². The van der Waals surface area contributed by atoms with Gasteiger partial charge in [-0.25, -0.2) is 0 Å². The first-order valence-corrected chi connectivity index (χ1v) is 16.2. The zero-order valence-corrected chi connectivity index (χ0v) is 27.7. The molecule has 0 saturated carbocycles. The highest BCUT2D eigenvalue weighted by Crippen LogP contribution is 2.47. The van der Waals surface area contributed by atoms with Gasteiger partial charge < -0.3 is 9.13 Å². The molecule has 0 unspecified atom stereocenters. The SMILES string of the molecule is Cc1ccc2c3ccc(C)cc3n(-c3cc(C#N)cc(-n4c5cc(C)ccc5c5ccc(C)cc54)c3-c3c(C#N)cccc3C(F)(F)F)c2c1. The molecule has 8 aromatic rings. The Bertz CT molecular complexity index is 2550. The summed E-state index contributed by atoms with van der Waals surface area (Å²) in [6, 6.07) is 35.6. The van der Waals surface area contributed by atoms with Crippen LogP contribution in [-0.4, -0.2) is 9.13 Å². The Morgan fingerprint density at radius 1 is 0.500 bits per heavy atom. The molecule has 50 heavy (non-hydrogen) atoms.